The zero-order valence-electron chi connectivity index (χ0n) is 20.0. The summed E-state index contributed by atoms with van der Waals surface area (Å²) in [6.45, 7) is -0.349. The molecule has 30 heavy (non-hydrogen) atoms. The van der Waals surface area contributed by atoms with E-state index in [-0.39, 0.29) is 5.56 Å². The zero-order valence-corrected chi connectivity index (χ0v) is 17.8. The third-order valence-corrected chi connectivity index (χ3v) is 6.65. The number of carbonyl (C=O) groups excluding carboxylic acids is 1. The van der Waals surface area contributed by atoms with Gasteiger partial charge in [-0.1, -0.05) is 36.2 Å². The fraction of sp³-hybridized carbons (Fsp3) is 0.364. The van der Waals surface area contributed by atoms with Crippen molar-refractivity contribution in [1.29, 1.82) is 0 Å². The quantitative estimate of drug-likeness (QED) is 0.693. The number of aryl methyl sites for hydroxylation is 2. The molecule has 158 valence electrons. The van der Waals surface area contributed by atoms with Crippen LogP contribution in [0.1, 0.15) is 44.9 Å². The van der Waals surface area contributed by atoms with Gasteiger partial charge in [0.25, 0.3) is 5.91 Å². The summed E-state index contributed by atoms with van der Waals surface area (Å²) in [7, 11) is -3.51. The fourth-order valence-corrected chi connectivity index (χ4v) is 4.94. The summed E-state index contributed by atoms with van der Waals surface area (Å²) < 4.78 is 50.3. The largest absolute Gasteiger partial charge is 0.355 e. The van der Waals surface area contributed by atoms with Gasteiger partial charge < -0.3 is 5.32 Å². The molecule has 0 fully saturated rings. The molecule has 3 heterocycles. The molecule has 7 nitrogen and oxygen atoms in total. The van der Waals surface area contributed by atoms with Gasteiger partial charge in [-0.2, -0.15) is 5.10 Å². The fourth-order valence-electron chi connectivity index (χ4n) is 3.96. The van der Waals surface area contributed by atoms with E-state index in [0.717, 1.165) is 30.4 Å². The van der Waals surface area contributed by atoms with Crippen molar-refractivity contribution in [3.63, 3.8) is 0 Å². The second-order valence-electron chi connectivity index (χ2n) is 7.70. The lowest BCUT2D eigenvalue weighted by Crippen LogP contribution is -2.32. The Labute approximate surface area is 181 Å². The van der Waals surface area contributed by atoms with Crippen LogP contribution < -0.4 is 9.62 Å². The third kappa shape index (κ3) is 3.67. The zero-order chi connectivity index (χ0) is 24.0. The van der Waals surface area contributed by atoms with E-state index in [2.05, 4.69) is 10.4 Å². The second-order valence-corrected chi connectivity index (χ2v) is 9.61. The van der Waals surface area contributed by atoms with Crippen molar-refractivity contribution >= 4 is 27.1 Å². The second kappa shape index (κ2) is 7.75. The van der Waals surface area contributed by atoms with Gasteiger partial charge in [-0.15, -0.1) is 0 Å². The van der Waals surface area contributed by atoms with Gasteiger partial charge in [0.2, 0.25) is 10.0 Å². The predicted molar refractivity (Wildman–Crippen MR) is 119 cm³/mol. The minimum Gasteiger partial charge on any atom is -0.355 e. The molecule has 0 aliphatic carbocycles. The van der Waals surface area contributed by atoms with Crippen molar-refractivity contribution in [3.8, 4) is 11.3 Å². The molecule has 1 amide bonds. The smallest absolute Gasteiger partial charge is 0.255 e. The van der Waals surface area contributed by atoms with Gasteiger partial charge >= 0.3 is 0 Å². The summed E-state index contributed by atoms with van der Waals surface area (Å²) >= 11 is 0. The standard InChI is InChI=1S/C22H26N4O3S/c1-15-8-10-16(11-9-15)21-20(22(27)23-2)18-13-17-7-5-4-6-12-26(30(3,28)29)19(17)14-25(18)24-21/h8-11,13-14H,4-7,12H2,1-3H3,(H,23,27)/i2D3. The van der Waals surface area contributed by atoms with Gasteiger partial charge in [-0.25, -0.2) is 12.9 Å². The van der Waals surface area contributed by atoms with Gasteiger partial charge in [0.1, 0.15) is 5.69 Å². The van der Waals surface area contributed by atoms with E-state index in [4.69, 9.17) is 4.11 Å². The summed E-state index contributed by atoms with van der Waals surface area (Å²) in [6.07, 6.45) is 5.97. The van der Waals surface area contributed by atoms with Crippen LogP contribution in [0.3, 0.4) is 0 Å². The molecule has 4 rings (SSSR count). The van der Waals surface area contributed by atoms with E-state index >= 15 is 0 Å². The van der Waals surface area contributed by atoms with Crippen LogP contribution >= 0.6 is 0 Å². The van der Waals surface area contributed by atoms with Crippen molar-refractivity contribution in [2.24, 2.45) is 0 Å². The highest BCUT2D eigenvalue weighted by Gasteiger charge is 2.26. The molecule has 0 saturated carbocycles. The number of pyridine rings is 1. The van der Waals surface area contributed by atoms with Crippen molar-refractivity contribution in [2.75, 3.05) is 24.1 Å². The van der Waals surface area contributed by atoms with Crippen LogP contribution in [0.4, 0.5) is 5.69 Å². The molecule has 3 aromatic rings. The van der Waals surface area contributed by atoms with Crippen LogP contribution in [0.5, 0.6) is 0 Å². The van der Waals surface area contributed by atoms with E-state index in [1.54, 1.807) is 12.3 Å². The van der Waals surface area contributed by atoms with Gasteiger partial charge in [0.15, 0.2) is 0 Å². The Morgan fingerprint density at radius 1 is 1.20 bits per heavy atom. The van der Waals surface area contributed by atoms with Crippen LogP contribution in [0, 0.1) is 6.92 Å². The Hall–Kier alpha value is -2.87. The SMILES string of the molecule is [2H]C([2H])([2H])NC(=O)c1c(-c2ccc(C)cc2)nn2cc3c(cc12)CCCCCN3S(C)(=O)=O. The van der Waals surface area contributed by atoms with Gasteiger partial charge in [-0.05, 0) is 37.8 Å². The molecule has 0 atom stereocenters. The van der Waals surface area contributed by atoms with Crippen LogP contribution in [0.25, 0.3) is 16.8 Å². The maximum Gasteiger partial charge on any atom is 0.255 e. The molecule has 8 heteroatoms. The predicted octanol–water partition coefficient (Wildman–Crippen LogP) is 3.16. The van der Waals surface area contributed by atoms with Crippen molar-refractivity contribution in [2.45, 2.75) is 32.6 Å². The monoisotopic (exact) mass is 429 g/mol. The number of nitrogens with one attached hydrogen (secondary N) is 1. The number of hydrogen-bond acceptors (Lipinski definition) is 4. The topological polar surface area (TPSA) is 83.8 Å². The molecule has 0 saturated heterocycles. The Morgan fingerprint density at radius 2 is 1.97 bits per heavy atom. The van der Waals surface area contributed by atoms with Crippen LogP contribution in [-0.2, 0) is 16.4 Å². The molecule has 2 aromatic heterocycles. The number of amides is 1. The van der Waals surface area contributed by atoms with E-state index in [9.17, 15) is 13.2 Å². The van der Waals surface area contributed by atoms with Crippen LogP contribution in [0.15, 0.2) is 36.5 Å². The number of rotatable bonds is 3. The van der Waals surface area contributed by atoms with Crippen molar-refractivity contribution in [1.82, 2.24) is 14.9 Å². The first-order valence-electron chi connectivity index (χ1n) is 11.4. The maximum absolute atomic E-state index is 13.1. The third-order valence-electron chi connectivity index (χ3n) is 5.47. The normalized spacial score (nSPS) is 16.7. The minimum atomic E-state index is -3.51. The molecule has 1 aliphatic rings. The van der Waals surface area contributed by atoms with Crippen LogP contribution in [-0.4, -0.2) is 43.7 Å². The number of sulfonamides is 1. The molecule has 0 unspecified atom stereocenters. The number of benzene rings is 1. The molecular formula is C22H26N4O3S. The molecule has 1 N–H and O–H groups in total. The molecule has 1 aliphatic heterocycles. The molecular weight excluding hydrogens is 400 g/mol. The lowest BCUT2D eigenvalue weighted by molar-refractivity contribution is 0.0965. The average Bonchev–Trinajstić information content (AvgIpc) is 3.04. The summed E-state index contributed by atoms with van der Waals surface area (Å²) in [6, 6.07) is 9.17. The minimum absolute atomic E-state index is 0.144. The first-order chi connectivity index (χ1) is 15.4. The number of hydrogen-bond donors (Lipinski definition) is 1. The molecule has 1 aromatic carbocycles. The van der Waals surface area contributed by atoms with E-state index in [0.29, 0.717) is 35.4 Å². The highest BCUT2D eigenvalue weighted by molar-refractivity contribution is 7.92. The lowest BCUT2D eigenvalue weighted by Gasteiger charge is -2.27. The Kier molecular flexibility index (Phi) is 4.36. The summed E-state index contributed by atoms with van der Waals surface area (Å²) in [5, 5.41) is 6.67. The highest BCUT2D eigenvalue weighted by Crippen LogP contribution is 2.33. The molecule has 0 radical (unpaired) electrons. The van der Waals surface area contributed by atoms with Gasteiger partial charge in [-0.3, -0.25) is 9.10 Å². The maximum atomic E-state index is 13.1. The van der Waals surface area contributed by atoms with E-state index < -0.39 is 22.9 Å². The van der Waals surface area contributed by atoms with E-state index in [1.165, 1.54) is 15.1 Å². The Balaban J connectivity index is 1.98. The molecule has 0 bridgehead atoms. The number of fused-ring (bicyclic) bond motifs is 2. The van der Waals surface area contributed by atoms with Crippen molar-refractivity contribution in [3.05, 3.63) is 53.2 Å². The number of aromatic nitrogens is 2. The highest BCUT2D eigenvalue weighted by atomic mass is 32.2. The first kappa shape index (κ1) is 16.9. The Bertz CT molecular complexity index is 1320. The summed E-state index contributed by atoms with van der Waals surface area (Å²) in [5.74, 6) is -0.758. The first-order valence-corrected chi connectivity index (χ1v) is 11.7. The van der Waals surface area contributed by atoms with Gasteiger partial charge in [0, 0.05) is 23.2 Å². The number of carbonyl (C=O) groups is 1. The number of nitrogens with zero attached hydrogens (tertiary/aromatic N) is 3. The summed E-state index contributed by atoms with van der Waals surface area (Å²) in [4.78, 5) is 13.1. The van der Waals surface area contributed by atoms with Gasteiger partial charge in [0.05, 0.1) is 29.2 Å². The van der Waals surface area contributed by atoms with E-state index in [1.807, 2.05) is 31.2 Å². The molecule has 0 spiro atoms. The van der Waals surface area contributed by atoms with Crippen LogP contribution in [0.2, 0.25) is 0 Å². The average molecular weight is 430 g/mol. The Morgan fingerprint density at radius 3 is 2.67 bits per heavy atom. The number of anilines is 1. The van der Waals surface area contributed by atoms with Crippen molar-refractivity contribution < 1.29 is 17.3 Å². The lowest BCUT2D eigenvalue weighted by atomic mass is 10.0. The summed E-state index contributed by atoms with van der Waals surface area (Å²) in [5.41, 5.74) is 3.91.